The first-order valence-electron chi connectivity index (χ1n) is 8.08. The van der Waals surface area contributed by atoms with Crippen LogP contribution in [0.2, 0.25) is 0 Å². The van der Waals surface area contributed by atoms with Gasteiger partial charge in [0.1, 0.15) is 11.6 Å². The van der Waals surface area contributed by atoms with Crippen LogP contribution in [0.1, 0.15) is 17.0 Å². The summed E-state index contributed by atoms with van der Waals surface area (Å²) in [5.41, 5.74) is 2.52. The highest BCUT2D eigenvalue weighted by molar-refractivity contribution is 7.98. The topological polar surface area (TPSA) is 103 Å². The number of anilines is 1. The van der Waals surface area contributed by atoms with Crippen LogP contribution < -0.4 is 5.32 Å². The molecule has 0 saturated carbocycles. The summed E-state index contributed by atoms with van der Waals surface area (Å²) >= 11 is 1.72. The summed E-state index contributed by atoms with van der Waals surface area (Å²) < 4.78 is 6.79. The molecule has 4 rings (SSSR count). The third kappa shape index (κ3) is 3.49. The molecule has 136 valence electrons. The first-order valence-corrected chi connectivity index (χ1v) is 9.23. The zero-order valence-electron chi connectivity index (χ0n) is 14.0. The number of furan rings is 1. The van der Waals surface area contributed by atoms with E-state index >= 15 is 0 Å². The van der Waals surface area contributed by atoms with Gasteiger partial charge in [0.05, 0.1) is 22.6 Å². The maximum absolute atomic E-state index is 12.4. The number of nitro benzene ring substituents is 1. The van der Waals surface area contributed by atoms with Crippen LogP contribution in [-0.2, 0) is 16.3 Å². The number of carbonyl (C=O) groups is 1. The minimum absolute atomic E-state index is 0.000898. The Labute approximate surface area is 158 Å². The molecule has 1 amide bonds. The monoisotopic (exact) mass is 382 g/mol. The first kappa shape index (κ1) is 17.1. The molecular formula is C18H14N4O4S. The normalized spacial score (nSPS) is 13.0. The Bertz CT molecular complexity index is 1020. The van der Waals surface area contributed by atoms with E-state index in [9.17, 15) is 14.9 Å². The second kappa shape index (κ2) is 7.12. The van der Waals surface area contributed by atoms with Crippen molar-refractivity contribution in [2.45, 2.75) is 11.5 Å². The Kier molecular flexibility index (Phi) is 4.51. The number of non-ortho nitro benzene ring substituents is 1. The van der Waals surface area contributed by atoms with Crippen LogP contribution >= 0.6 is 11.8 Å². The number of aromatic nitrogens is 2. The van der Waals surface area contributed by atoms with E-state index in [4.69, 9.17) is 4.42 Å². The van der Waals surface area contributed by atoms with E-state index < -0.39 is 4.92 Å². The lowest BCUT2D eigenvalue weighted by Gasteiger charge is -2.09. The first-order chi connectivity index (χ1) is 13.1. The molecule has 0 aliphatic carbocycles. The van der Waals surface area contributed by atoms with Gasteiger partial charge in [0, 0.05) is 35.3 Å². The highest BCUT2D eigenvalue weighted by Crippen LogP contribution is 2.36. The van der Waals surface area contributed by atoms with Gasteiger partial charge >= 0.3 is 0 Å². The van der Waals surface area contributed by atoms with Crippen molar-refractivity contribution in [1.29, 1.82) is 0 Å². The van der Waals surface area contributed by atoms with Crippen LogP contribution in [0.15, 0.2) is 53.2 Å². The number of nitro groups is 1. The zero-order valence-corrected chi connectivity index (χ0v) is 14.8. The fourth-order valence-corrected chi connectivity index (χ4v) is 3.78. The molecule has 0 fully saturated rings. The molecule has 9 heteroatoms. The molecule has 0 saturated heterocycles. The largest absolute Gasteiger partial charge is 0.465 e. The lowest BCUT2D eigenvalue weighted by Crippen LogP contribution is -2.13. The van der Waals surface area contributed by atoms with Gasteiger partial charge in [-0.25, -0.2) is 4.68 Å². The van der Waals surface area contributed by atoms with Gasteiger partial charge < -0.3 is 9.73 Å². The Morgan fingerprint density at radius 2 is 2.11 bits per heavy atom. The molecule has 1 N–H and O–H groups in total. The highest BCUT2D eigenvalue weighted by Gasteiger charge is 2.24. The average molecular weight is 382 g/mol. The summed E-state index contributed by atoms with van der Waals surface area (Å²) in [6.45, 7) is 0. The maximum atomic E-state index is 12.4. The standard InChI is InChI=1S/C18H14N4O4S/c23-17(8-7-14-2-1-9-26-14)19-18-15-10-27-11-16(15)20-21(18)12-3-5-13(6-4-12)22(24)25/h1-9H,10-11H2,(H,19,23)/b8-7-. The molecule has 0 spiro atoms. The smallest absolute Gasteiger partial charge is 0.269 e. The van der Waals surface area contributed by atoms with Crippen molar-refractivity contribution in [2.75, 3.05) is 5.32 Å². The number of rotatable bonds is 5. The molecule has 0 atom stereocenters. The molecule has 0 unspecified atom stereocenters. The van der Waals surface area contributed by atoms with Crippen LogP contribution in [0, 0.1) is 10.1 Å². The van der Waals surface area contributed by atoms with E-state index in [1.54, 1.807) is 46.8 Å². The molecule has 3 heterocycles. The Balaban J connectivity index is 1.63. The third-order valence-electron chi connectivity index (χ3n) is 4.04. The van der Waals surface area contributed by atoms with E-state index in [0.29, 0.717) is 17.3 Å². The predicted molar refractivity (Wildman–Crippen MR) is 102 cm³/mol. The van der Waals surface area contributed by atoms with Gasteiger partial charge in [0.2, 0.25) is 5.91 Å². The van der Waals surface area contributed by atoms with Crippen LogP contribution in [-0.4, -0.2) is 20.6 Å². The molecule has 27 heavy (non-hydrogen) atoms. The van der Waals surface area contributed by atoms with Crippen molar-refractivity contribution in [3.63, 3.8) is 0 Å². The lowest BCUT2D eigenvalue weighted by molar-refractivity contribution is -0.384. The number of thioether (sulfide) groups is 1. The van der Waals surface area contributed by atoms with Gasteiger partial charge in [-0.15, -0.1) is 0 Å². The van der Waals surface area contributed by atoms with Gasteiger partial charge in [-0.2, -0.15) is 16.9 Å². The number of hydrogen-bond donors (Lipinski definition) is 1. The van der Waals surface area contributed by atoms with Crippen LogP contribution in [0.3, 0.4) is 0 Å². The molecule has 1 aliphatic heterocycles. The number of carbonyl (C=O) groups excluding carboxylic acids is 1. The molecule has 1 aromatic carbocycles. The SMILES string of the molecule is O=C(/C=C\c1ccco1)Nc1c2c(nn1-c1ccc([N+](=O)[O-])cc1)CSC2. The molecule has 1 aliphatic rings. The van der Waals surface area contributed by atoms with Crippen molar-refractivity contribution >= 4 is 35.3 Å². The molecule has 3 aromatic rings. The minimum atomic E-state index is -0.453. The van der Waals surface area contributed by atoms with Gasteiger partial charge in [-0.1, -0.05) is 0 Å². The summed E-state index contributed by atoms with van der Waals surface area (Å²) in [7, 11) is 0. The Hall–Kier alpha value is -3.33. The van der Waals surface area contributed by atoms with Crippen molar-refractivity contribution in [3.05, 3.63) is 75.9 Å². The number of nitrogens with one attached hydrogen (secondary N) is 1. The third-order valence-corrected chi connectivity index (χ3v) is 5.01. The Morgan fingerprint density at radius 3 is 2.81 bits per heavy atom. The van der Waals surface area contributed by atoms with E-state index in [1.165, 1.54) is 24.5 Å². The van der Waals surface area contributed by atoms with Crippen molar-refractivity contribution in [2.24, 2.45) is 0 Å². The summed E-state index contributed by atoms with van der Waals surface area (Å²) in [4.78, 5) is 22.8. The van der Waals surface area contributed by atoms with E-state index in [-0.39, 0.29) is 11.6 Å². The average Bonchev–Trinajstić information content (AvgIpc) is 3.39. The van der Waals surface area contributed by atoms with Gasteiger partial charge in [0.15, 0.2) is 0 Å². The van der Waals surface area contributed by atoms with E-state index in [1.807, 2.05) is 0 Å². The number of benzene rings is 1. The minimum Gasteiger partial charge on any atom is -0.465 e. The van der Waals surface area contributed by atoms with Gasteiger partial charge in [-0.3, -0.25) is 14.9 Å². The number of amides is 1. The number of hydrogen-bond acceptors (Lipinski definition) is 6. The summed E-state index contributed by atoms with van der Waals surface area (Å²) in [5.74, 6) is 2.36. The molecule has 8 nitrogen and oxygen atoms in total. The molecule has 2 aromatic heterocycles. The van der Waals surface area contributed by atoms with Crippen molar-refractivity contribution < 1.29 is 14.1 Å². The summed E-state index contributed by atoms with van der Waals surface area (Å²) in [6.07, 6.45) is 4.50. The fraction of sp³-hybridized carbons (Fsp3) is 0.111. The van der Waals surface area contributed by atoms with Crippen LogP contribution in [0.25, 0.3) is 11.8 Å². The summed E-state index contributed by atoms with van der Waals surface area (Å²) in [6, 6.07) is 9.55. The van der Waals surface area contributed by atoms with Crippen LogP contribution in [0.5, 0.6) is 0 Å². The van der Waals surface area contributed by atoms with E-state index in [2.05, 4.69) is 10.4 Å². The second-order valence-electron chi connectivity index (χ2n) is 5.79. The van der Waals surface area contributed by atoms with E-state index in [0.717, 1.165) is 22.8 Å². The zero-order chi connectivity index (χ0) is 18.8. The highest BCUT2D eigenvalue weighted by atomic mass is 32.2. The van der Waals surface area contributed by atoms with Crippen LogP contribution in [0.4, 0.5) is 11.5 Å². The number of fused-ring (bicyclic) bond motifs is 1. The van der Waals surface area contributed by atoms with Gasteiger partial charge in [-0.05, 0) is 30.3 Å². The predicted octanol–water partition coefficient (Wildman–Crippen LogP) is 3.77. The summed E-state index contributed by atoms with van der Waals surface area (Å²) in [5, 5.41) is 18.3. The second-order valence-corrected chi connectivity index (χ2v) is 6.78. The molecular weight excluding hydrogens is 368 g/mol. The van der Waals surface area contributed by atoms with Crippen molar-refractivity contribution in [1.82, 2.24) is 9.78 Å². The molecule has 0 radical (unpaired) electrons. The lowest BCUT2D eigenvalue weighted by atomic mass is 10.2. The molecule has 0 bridgehead atoms. The fourth-order valence-electron chi connectivity index (χ4n) is 2.75. The quantitative estimate of drug-likeness (QED) is 0.409. The van der Waals surface area contributed by atoms with Crippen molar-refractivity contribution in [3.8, 4) is 5.69 Å². The van der Waals surface area contributed by atoms with Gasteiger partial charge in [0.25, 0.3) is 5.69 Å². The number of nitrogens with zero attached hydrogens (tertiary/aromatic N) is 3. The maximum Gasteiger partial charge on any atom is 0.269 e. The Morgan fingerprint density at radius 1 is 1.30 bits per heavy atom.